The highest BCUT2D eigenvalue weighted by Gasteiger charge is 2.20. The van der Waals surface area contributed by atoms with Crippen molar-refractivity contribution in [1.82, 2.24) is 25.2 Å². The van der Waals surface area contributed by atoms with Crippen LogP contribution in [-0.4, -0.2) is 52.8 Å². The number of pyridine rings is 1. The summed E-state index contributed by atoms with van der Waals surface area (Å²) in [6.45, 7) is 5.29. The molecule has 0 atom stereocenters. The van der Waals surface area contributed by atoms with E-state index in [1.807, 2.05) is 34.9 Å². The molecule has 30 heavy (non-hydrogen) atoms. The third kappa shape index (κ3) is 4.87. The second-order valence-electron chi connectivity index (χ2n) is 7.44. The molecule has 0 spiro atoms. The average molecular weight is 410 g/mol. The summed E-state index contributed by atoms with van der Waals surface area (Å²) in [5.74, 6) is 1.55. The lowest BCUT2D eigenvalue weighted by molar-refractivity contribution is 0.461. The predicted molar refractivity (Wildman–Crippen MR) is 117 cm³/mol. The van der Waals surface area contributed by atoms with E-state index in [2.05, 4.69) is 32.7 Å². The van der Waals surface area contributed by atoms with Crippen LogP contribution in [-0.2, 0) is 6.42 Å². The van der Waals surface area contributed by atoms with Gasteiger partial charge in [0.1, 0.15) is 11.6 Å². The first-order chi connectivity index (χ1) is 14.7. The monoisotopic (exact) mass is 409 g/mol. The molecule has 1 saturated heterocycles. The standard InChI is InChI=1S/C22H28FN7/c1-2-24-22(25-12-9-21-28-27-20-8-3-4-13-30(20)21)26-18-10-14-29(15-11-18)19-7-5-6-17(23)16-19/h3-8,13,16,18H,2,9-12,14-15H2,1H3,(H2,24,25,26). The van der Waals surface area contributed by atoms with Crippen LogP contribution >= 0.6 is 0 Å². The van der Waals surface area contributed by atoms with E-state index >= 15 is 0 Å². The molecular formula is C22H28FN7. The highest BCUT2D eigenvalue weighted by Crippen LogP contribution is 2.20. The van der Waals surface area contributed by atoms with Gasteiger partial charge in [0.15, 0.2) is 11.6 Å². The van der Waals surface area contributed by atoms with E-state index in [0.717, 1.165) is 62.0 Å². The Balaban J connectivity index is 1.31. The summed E-state index contributed by atoms with van der Waals surface area (Å²) in [5, 5.41) is 15.3. The first kappa shape index (κ1) is 20.1. The normalized spacial score (nSPS) is 15.5. The van der Waals surface area contributed by atoms with E-state index in [9.17, 15) is 4.39 Å². The second kappa shape index (κ2) is 9.56. The predicted octanol–water partition coefficient (Wildman–Crippen LogP) is 2.64. The van der Waals surface area contributed by atoms with Gasteiger partial charge in [0, 0.05) is 50.5 Å². The molecule has 3 aromatic rings. The van der Waals surface area contributed by atoms with Crippen molar-refractivity contribution >= 4 is 17.3 Å². The molecule has 1 aliphatic rings. The molecule has 0 bridgehead atoms. The Kier molecular flexibility index (Phi) is 6.41. The number of nitrogens with one attached hydrogen (secondary N) is 2. The van der Waals surface area contributed by atoms with Crippen molar-refractivity contribution in [2.75, 3.05) is 31.1 Å². The average Bonchev–Trinajstić information content (AvgIpc) is 3.18. The van der Waals surface area contributed by atoms with Crippen LogP contribution in [0.5, 0.6) is 0 Å². The van der Waals surface area contributed by atoms with Gasteiger partial charge in [-0.25, -0.2) is 4.39 Å². The fourth-order valence-electron chi connectivity index (χ4n) is 3.80. The fourth-order valence-corrected chi connectivity index (χ4v) is 3.80. The van der Waals surface area contributed by atoms with E-state index in [0.29, 0.717) is 12.6 Å². The maximum Gasteiger partial charge on any atom is 0.191 e. The minimum Gasteiger partial charge on any atom is -0.371 e. The Bertz CT molecular complexity index is 992. The zero-order valence-corrected chi connectivity index (χ0v) is 17.3. The summed E-state index contributed by atoms with van der Waals surface area (Å²) in [5.41, 5.74) is 1.81. The molecule has 0 saturated carbocycles. The molecule has 0 radical (unpaired) electrons. The number of hydrogen-bond donors (Lipinski definition) is 2. The summed E-state index contributed by atoms with van der Waals surface area (Å²) in [7, 11) is 0. The van der Waals surface area contributed by atoms with Crippen molar-refractivity contribution in [3.63, 3.8) is 0 Å². The van der Waals surface area contributed by atoms with E-state index in [4.69, 9.17) is 4.99 Å². The lowest BCUT2D eigenvalue weighted by Gasteiger charge is -2.34. The SMILES string of the molecule is CCNC(=NCCc1nnc2ccccn12)NC1CCN(c2cccc(F)c2)CC1. The van der Waals surface area contributed by atoms with Gasteiger partial charge in [-0.1, -0.05) is 12.1 Å². The minimum atomic E-state index is -0.185. The van der Waals surface area contributed by atoms with Crippen LogP contribution in [0, 0.1) is 5.82 Å². The van der Waals surface area contributed by atoms with Crippen LogP contribution < -0.4 is 15.5 Å². The number of aliphatic imine (C=N–C) groups is 1. The molecule has 0 aliphatic carbocycles. The number of halogens is 1. The van der Waals surface area contributed by atoms with Crippen molar-refractivity contribution in [3.8, 4) is 0 Å². The lowest BCUT2D eigenvalue weighted by atomic mass is 10.0. The van der Waals surface area contributed by atoms with Crippen molar-refractivity contribution < 1.29 is 4.39 Å². The molecule has 3 heterocycles. The zero-order chi connectivity index (χ0) is 20.8. The quantitative estimate of drug-likeness (QED) is 0.484. The molecule has 2 N–H and O–H groups in total. The number of anilines is 1. The smallest absolute Gasteiger partial charge is 0.191 e. The van der Waals surface area contributed by atoms with Crippen molar-refractivity contribution in [2.24, 2.45) is 4.99 Å². The minimum absolute atomic E-state index is 0.185. The topological polar surface area (TPSA) is 69.8 Å². The molecule has 1 fully saturated rings. The number of hydrogen-bond acceptors (Lipinski definition) is 4. The molecule has 4 rings (SSSR count). The largest absolute Gasteiger partial charge is 0.371 e. The van der Waals surface area contributed by atoms with Crippen LogP contribution in [0.3, 0.4) is 0 Å². The molecule has 0 unspecified atom stereocenters. The van der Waals surface area contributed by atoms with Crippen molar-refractivity contribution in [3.05, 3.63) is 60.3 Å². The number of aromatic nitrogens is 3. The molecule has 158 valence electrons. The molecule has 1 aromatic carbocycles. The van der Waals surface area contributed by atoms with Gasteiger partial charge in [-0.3, -0.25) is 9.39 Å². The van der Waals surface area contributed by atoms with Crippen LogP contribution in [0.1, 0.15) is 25.6 Å². The Morgan fingerprint density at radius 2 is 2.03 bits per heavy atom. The number of piperidine rings is 1. The van der Waals surface area contributed by atoms with E-state index in [1.165, 1.54) is 6.07 Å². The fraction of sp³-hybridized carbons (Fsp3) is 0.409. The maximum absolute atomic E-state index is 13.5. The molecule has 1 aliphatic heterocycles. The number of rotatable bonds is 6. The second-order valence-corrected chi connectivity index (χ2v) is 7.44. The third-order valence-corrected chi connectivity index (χ3v) is 5.34. The van der Waals surface area contributed by atoms with Gasteiger partial charge in [-0.05, 0) is 50.1 Å². The molecule has 0 amide bonds. The van der Waals surface area contributed by atoms with Gasteiger partial charge < -0.3 is 15.5 Å². The van der Waals surface area contributed by atoms with Crippen LogP contribution in [0.15, 0.2) is 53.7 Å². The summed E-state index contributed by atoms with van der Waals surface area (Å²) >= 11 is 0. The zero-order valence-electron chi connectivity index (χ0n) is 17.3. The van der Waals surface area contributed by atoms with E-state index < -0.39 is 0 Å². The molecule has 8 heteroatoms. The summed E-state index contributed by atoms with van der Waals surface area (Å²) in [6.07, 6.45) is 4.66. The third-order valence-electron chi connectivity index (χ3n) is 5.34. The maximum atomic E-state index is 13.5. The summed E-state index contributed by atoms with van der Waals surface area (Å²) in [4.78, 5) is 6.97. The molecule has 2 aromatic heterocycles. The molecular weight excluding hydrogens is 381 g/mol. The van der Waals surface area contributed by atoms with Gasteiger partial charge in [0.2, 0.25) is 0 Å². The Hall–Kier alpha value is -3.16. The first-order valence-electron chi connectivity index (χ1n) is 10.6. The van der Waals surface area contributed by atoms with Crippen LogP contribution in [0.25, 0.3) is 5.65 Å². The Morgan fingerprint density at radius 3 is 2.83 bits per heavy atom. The Morgan fingerprint density at radius 1 is 1.17 bits per heavy atom. The van der Waals surface area contributed by atoms with Gasteiger partial charge in [-0.2, -0.15) is 0 Å². The van der Waals surface area contributed by atoms with E-state index in [1.54, 1.807) is 12.1 Å². The summed E-state index contributed by atoms with van der Waals surface area (Å²) < 4.78 is 15.5. The van der Waals surface area contributed by atoms with Gasteiger partial charge in [0.25, 0.3) is 0 Å². The van der Waals surface area contributed by atoms with E-state index in [-0.39, 0.29) is 5.82 Å². The van der Waals surface area contributed by atoms with Gasteiger partial charge in [-0.15, -0.1) is 10.2 Å². The Labute approximate surface area is 176 Å². The highest BCUT2D eigenvalue weighted by atomic mass is 19.1. The van der Waals surface area contributed by atoms with Gasteiger partial charge in [0.05, 0.1) is 0 Å². The van der Waals surface area contributed by atoms with Gasteiger partial charge >= 0.3 is 0 Å². The van der Waals surface area contributed by atoms with Crippen molar-refractivity contribution in [1.29, 1.82) is 0 Å². The molecule has 7 nitrogen and oxygen atoms in total. The number of benzene rings is 1. The highest BCUT2D eigenvalue weighted by molar-refractivity contribution is 5.80. The van der Waals surface area contributed by atoms with Crippen LogP contribution in [0.2, 0.25) is 0 Å². The number of fused-ring (bicyclic) bond motifs is 1. The van der Waals surface area contributed by atoms with Crippen molar-refractivity contribution in [2.45, 2.75) is 32.2 Å². The number of nitrogens with zero attached hydrogens (tertiary/aromatic N) is 5. The van der Waals surface area contributed by atoms with Crippen LogP contribution in [0.4, 0.5) is 10.1 Å². The number of guanidine groups is 1. The first-order valence-corrected chi connectivity index (χ1v) is 10.6. The lowest BCUT2D eigenvalue weighted by Crippen LogP contribution is -2.48. The summed E-state index contributed by atoms with van der Waals surface area (Å²) in [6, 6.07) is 13.1.